The van der Waals surface area contributed by atoms with Gasteiger partial charge in [-0.3, -0.25) is 0 Å². The van der Waals surface area contributed by atoms with Crippen LogP contribution >= 0.6 is 0 Å². The highest BCUT2D eigenvalue weighted by Gasteiger charge is 2.41. The molecule has 112 valence electrons. The molecule has 2 nitrogen and oxygen atoms in total. The Morgan fingerprint density at radius 3 is 2.16 bits per heavy atom. The molecule has 2 saturated carbocycles. The van der Waals surface area contributed by atoms with Crippen LogP contribution in [0.4, 0.5) is 13.2 Å². The lowest BCUT2D eigenvalue weighted by molar-refractivity contribution is -0.182. The molecule has 0 bridgehead atoms. The second kappa shape index (κ2) is 6.44. The molecule has 0 spiro atoms. The Morgan fingerprint density at radius 2 is 1.58 bits per heavy atom. The Labute approximate surface area is 112 Å². The highest BCUT2D eigenvalue weighted by atomic mass is 19.4. The molecule has 19 heavy (non-hydrogen) atoms. The van der Waals surface area contributed by atoms with E-state index >= 15 is 0 Å². The molecule has 2 fully saturated rings. The number of hydrogen-bond donors (Lipinski definition) is 2. The van der Waals surface area contributed by atoms with Gasteiger partial charge < -0.3 is 10.4 Å². The monoisotopic (exact) mass is 279 g/mol. The van der Waals surface area contributed by atoms with E-state index in [9.17, 15) is 18.3 Å². The summed E-state index contributed by atoms with van der Waals surface area (Å²) in [7, 11) is 0. The second-order valence-corrected chi connectivity index (χ2v) is 6.13. The van der Waals surface area contributed by atoms with Crippen LogP contribution in [0.15, 0.2) is 0 Å². The third-order valence-corrected chi connectivity index (χ3v) is 4.91. The molecule has 2 rings (SSSR count). The van der Waals surface area contributed by atoms with Crippen molar-refractivity contribution in [3.63, 3.8) is 0 Å². The minimum absolute atomic E-state index is 0.235. The van der Waals surface area contributed by atoms with Crippen molar-refractivity contribution in [2.75, 3.05) is 13.2 Å². The molecule has 0 amide bonds. The first kappa shape index (κ1) is 15.1. The largest absolute Gasteiger partial charge is 0.396 e. The summed E-state index contributed by atoms with van der Waals surface area (Å²) in [6.07, 6.45) is 1.14. The number of aliphatic hydroxyl groups excluding tert-OH is 1. The van der Waals surface area contributed by atoms with Crippen molar-refractivity contribution in [2.45, 2.75) is 57.2 Å². The average molecular weight is 279 g/mol. The number of nitrogens with one attached hydrogen (secondary N) is 1. The van der Waals surface area contributed by atoms with E-state index in [1.807, 2.05) is 0 Å². The fraction of sp³-hybridized carbons (Fsp3) is 1.00. The molecule has 0 saturated heterocycles. The summed E-state index contributed by atoms with van der Waals surface area (Å²) in [5.41, 5.74) is 0. The van der Waals surface area contributed by atoms with E-state index in [0.29, 0.717) is 24.7 Å². The number of hydrogen-bond acceptors (Lipinski definition) is 2. The van der Waals surface area contributed by atoms with Gasteiger partial charge in [0.2, 0.25) is 0 Å². The standard InChI is InChI=1S/C14H24F3NO/c15-14(16,17)12-4-6-13(7-5-12)18-8-10-2-1-3-11(10)9-19/h10-13,18-19H,1-9H2. The van der Waals surface area contributed by atoms with Crippen LogP contribution in [-0.4, -0.2) is 30.5 Å². The van der Waals surface area contributed by atoms with Crippen molar-refractivity contribution in [3.05, 3.63) is 0 Å². The van der Waals surface area contributed by atoms with Crippen molar-refractivity contribution < 1.29 is 18.3 Å². The highest BCUT2D eigenvalue weighted by Crippen LogP contribution is 2.38. The lowest BCUT2D eigenvalue weighted by Gasteiger charge is -2.31. The third kappa shape index (κ3) is 4.09. The maximum atomic E-state index is 12.5. The van der Waals surface area contributed by atoms with Crippen LogP contribution in [0, 0.1) is 17.8 Å². The zero-order valence-electron chi connectivity index (χ0n) is 11.3. The van der Waals surface area contributed by atoms with Crippen molar-refractivity contribution in [2.24, 2.45) is 17.8 Å². The summed E-state index contributed by atoms with van der Waals surface area (Å²) in [6.45, 7) is 1.10. The zero-order chi connectivity index (χ0) is 13.9. The first-order valence-electron chi connectivity index (χ1n) is 7.41. The third-order valence-electron chi connectivity index (χ3n) is 4.91. The summed E-state index contributed by atoms with van der Waals surface area (Å²) in [4.78, 5) is 0. The lowest BCUT2D eigenvalue weighted by atomic mass is 9.85. The Morgan fingerprint density at radius 1 is 0.947 bits per heavy atom. The van der Waals surface area contributed by atoms with Gasteiger partial charge in [0.1, 0.15) is 0 Å². The smallest absolute Gasteiger partial charge is 0.391 e. The van der Waals surface area contributed by atoms with Gasteiger partial charge in [0.25, 0.3) is 0 Å². The van der Waals surface area contributed by atoms with Crippen LogP contribution in [0.25, 0.3) is 0 Å². The molecule has 0 aliphatic heterocycles. The van der Waals surface area contributed by atoms with Crippen LogP contribution in [0.1, 0.15) is 44.9 Å². The van der Waals surface area contributed by atoms with Gasteiger partial charge in [-0.25, -0.2) is 0 Å². The van der Waals surface area contributed by atoms with Gasteiger partial charge >= 0.3 is 6.18 Å². The van der Waals surface area contributed by atoms with E-state index in [-0.39, 0.29) is 25.5 Å². The molecule has 5 heteroatoms. The Balaban J connectivity index is 1.68. The van der Waals surface area contributed by atoms with Gasteiger partial charge in [0.15, 0.2) is 0 Å². The molecule has 2 unspecified atom stereocenters. The topological polar surface area (TPSA) is 32.3 Å². The first-order chi connectivity index (χ1) is 9.00. The molecule has 0 aromatic rings. The van der Waals surface area contributed by atoms with Crippen molar-refractivity contribution in [1.82, 2.24) is 5.32 Å². The summed E-state index contributed by atoms with van der Waals surface area (Å²) in [6, 6.07) is 0.235. The van der Waals surface area contributed by atoms with Gasteiger partial charge in [-0.15, -0.1) is 0 Å². The zero-order valence-corrected chi connectivity index (χ0v) is 11.3. The molecule has 0 radical (unpaired) electrons. The molecule has 2 aliphatic carbocycles. The first-order valence-corrected chi connectivity index (χ1v) is 7.41. The van der Waals surface area contributed by atoms with Crippen molar-refractivity contribution in [1.29, 1.82) is 0 Å². The molecule has 0 aromatic carbocycles. The van der Waals surface area contributed by atoms with Crippen LogP contribution in [-0.2, 0) is 0 Å². The summed E-state index contributed by atoms with van der Waals surface area (Å²) in [5, 5.41) is 12.7. The number of aliphatic hydroxyl groups is 1. The van der Waals surface area contributed by atoms with E-state index in [0.717, 1.165) is 19.4 Å². The lowest BCUT2D eigenvalue weighted by Crippen LogP contribution is -2.39. The molecular weight excluding hydrogens is 255 g/mol. The Bertz CT molecular complexity index is 274. The van der Waals surface area contributed by atoms with Crippen LogP contribution in [0.3, 0.4) is 0 Å². The SMILES string of the molecule is OCC1CCCC1CNC1CCC(C(F)(F)F)CC1. The van der Waals surface area contributed by atoms with Crippen LogP contribution < -0.4 is 5.32 Å². The number of alkyl halides is 3. The van der Waals surface area contributed by atoms with Crippen molar-refractivity contribution in [3.8, 4) is 0 Å². The van der Waals surface area contributed by atoms with E-state index < -0.39 is 12.1 Å². The molecule has 2 N–H and O–H groups in total. The average Bonchev–Trinajstić information content (AvgIpc) is 2.83. The molecule has 0 aromatic heterocycles. The van der Waals surface area contributed by atoms with Crippen LogP contribution in [0.5, 0.6) is 0 Å². The van der Waals surface area contributed by atoms with E-state index in [2.05, 4.69) is 5.32 Å². The van der Waals surface area contributed by atoms with Gasteiger partial charge in [-0.05, 0) is 56.9 Å². The summed E-state index contributed by atoms with van der Waals surface area (Å²) < 4.78 is 37.6. The number of rotatable bonds is 4. The van der Waals surface area contributed by atoms with Gasteiger partial charge in [0, 0.05) is 12.6 Å². The number of halogens is 3. The summed E-state index contributed by atoms with van der Waals surface area (Å²) in [5.74, 6) is -0.202. The van der Waals surface area contributed by atoms with Crippen LogP contribution in [0.2, 0.25) is 0 Å². The fourth-order valence-electron chi connectivity index (χ4n) is 3.57. The quantitative estimate of drug-likeness (QED) is 0.829. The Hall–Kier alpha value is -0.290. The minimum Gasteiger partial charge on any atom is -0.396 e. The second-order valence-electron chi connectivity index (χ2n) is 6.13. The van der Waals surface area contributed by atoms with Gasteiger partial charge in [-0.2, -0.15) is 13.2 Å². The van der Waals surface area contributed by atoms with E-state index in [1.165, 1.54) is 6.42 Å². The van der Waals surface area contributed by atoms with Gasteiger partial charge in [0.05, 0.1) is 5.92 Å². The predicted octanol–water partition coefficient (Wildman–Crippen LogP) is 3.11. The Kier molecular flexibility index (Phi) is 5.12. The molecule has 0 heterocycles. The van der Waals surface area contributed by atoms with E-state index in [4.69, 9.17) is 0 Å². The molecular formula is C14H24F3NO. The highest BCUT2D eigenvalue weighted by molar-refractivity contribution is 4.84. The van der Waals surface area contributed by atoms with Gasteiger partial charge in [-0.1, -0.05) is 6.42 Å². The van der Waals surface area contributed by atoms with E-state index in [1.54, 1.807) is 0 Å². The maximum Gasteiger partial charge on any atom is 0.391 e. The fourth-order valence-corrected chi connectivity index (χ4v) is 3.57. The maximum absolute atomic E-state index is 12.5. The molecule has 2 atom stereocenters. The molecule has 2 aliphatic rings. The van der Waals surface area contributed by atoms with Crippen molar-refractivity contribution >= 4 is 0 Å². The minimum atomic E-state index is -4.02. The summed E-state index contributed by atoms with van der Waals surface area (Å²) >= 11 is 0. The normalized spacial score (nSPS) is 36.6. The predicted molar refractivity (Wildman–Crippen MR) is 67.7 cm³/mol.